The molecule has 2 rings (SSSR count). The van der Waals surface area contributed by atoms with Gasteiger partial charge in [-0.2, -0.15) is 0 Å². The number of ether oxygens (including phenoxy) is 1. The number of anilines is 1. The van der Waals surface area contributed by atoms with E-state index < -0.39 is 5.97 Å². The topological polar surface area (TPSA) is 101 Å². The number of nitrogens with one attached hydrogen (secondary N) is 2. The van der Waals surface area contributed by atoms with Gasteiger partial charge in [0, 0.05) is 25.3 Å². The molecule has 114 valence electrons. The largest absolute Gasteiger partial charge is 0.478 e. The van der Waals surface area contributed by atoms with E-state index >= 15 is 0 Å². The third-order valence-electron chi connectivity index (χ3n) is 3.52. The van der Waals surface area contributed by atoms with Gasteiger partial charge in [0.2, 0.25) is 0 Å². The van der Waals surface area contributed by atoms with Crippen molar-refractivity contribution in [2.75, 3.05) is 18.5 Å². The second kappa shape index (κ2) is 7.03. The zero-order valence-corrected chi connectivity index (χ0v) is 11.8. The van der Waals surface area contributed by atoms with Gasteiger partial charge in [-0.05, 0) is 18.9 Å². The maximum atomic E-state index is 11.8. The maximum absolute atomic E-state index is 11.8. The van der Waals surface area contributed by atoms with Crippen LogP contribution in [0.5, 0.6) is 0 Å². The number of carboxylic acids is 1. The van der Waals surface area contributed by atoms with Crippen molar-refractivity contribution in [3.8, 4) is 0 Å². The zero-order chi connectivity index (χ0) is 15.2. The van der Waals surface area contributed by atoms with Crippen LogP contribution in [0.15, 0.2) is 18.5 Å². The monoisotopic (exact) mass is 293 g/mol. The lowest BCUT2D eigenvalue weighted by Gasteiger charge is -2.17. The second-order valence-corrected chi connectivity index (χ2v) is 4.97. The van der Waals surface area contributed by atoms with Gasteiger partial charge in [-0.25, -0.2) is 9.59 Å². The van der Waals surface area contributed by atoms with Gasteiger partial charge in [0.1, 0.15) is 0 Å². The summed E-state index contributed by atoms with van der Waals surface area (Å²) >= 11 is 0. The van der Waals surface area contributed by atoms with E-state index in [0.717, 1.165) is 19.4 Å². The van der Waals surface area contributed by atoms with Crippen LogP contribution in [0.3, 0.4) is 0 Å². The van der Waals surface area contributed by atoms with Crippen molar-refractivity contribution in [1.29, 1.82) is 0 Å². The third-order valence-corrected chi connectivity index (χ3v) is 3.52. The summed E-state index contributed by atoms with van der Waals surface area (Å²) in [7, 11) is 0. The summed E-state index contributed by atoms with van der Waals surface area (Å²) in [6.45, 7) is 3.33. The Morgan fingerprint density at radius 2 is 2.29 bits per heavy atom. The van der Waals surface area contributed by atoms with Crippen LogP contribution in [0.4, 0.5) is 10.5 Å². The number of carbonyl (C=O) groups excluding carboxylic acids is 1. The minimum atomic E-state index is -1.08. The molecule has 1 fully saturated rings. The summed E-state index contributed by atoms with van der Waals surface area (Å²) in [6, 6.07) is 0.990. The van der Waals surface area contributed by atoms with Crippen LogP contribution in [0.1, 0.15) is 30.1 Å². The predicted octanol–water partition coefficient (Wildman–Crippen LogP) is 1.72. The van der Waals surface area contributed by atoms with E-state index in [-0.39, 0.29) is 17.7 Å². The Kier molecular flexibility index (Phi) is 5.10. The molecule has 2 amide bonds. The lowest BCUT2D eigenvalue weighted by Crippen LogP contribution is -2.35. The van der Waals surface area contributed by atoms with E-state index in [0.29, 0.717) is 18.2 Å². The molecule has 2 heterocycles. The minimum absolute atomic E-state index is 0.0306. The lowest BCUT2D eigenvalue weighted by atomic mass is 10.00. The van der Waals surface area contributed by atoms with Gasteiger partial charge < -0.3 is 20.5 Å². The number of nitrogens with zero attached hydrogens (tertiary/aromatic N) is 1. The first-order chi connectivity index (χ1) is 10.1. The minimum Gasteiger partial charge on any atom is -0.478 e. The summed E-state index contributed by atoms with van der Waals surface area (Å²) < 4.78 is 5.56. The molecule has 1 aliphatic heterocycles. The van der Waals surface area contributed by atoms with Crippen molar-refractivity contribution >= 4 is 17.7 Å². The number of hydrogen-bond donors (Lipinski definition) is 3. The normalized spacial score (nSPS) is 21.0. The first-order valence-corrected chi connectivity index (χ1v) is 6.95. The van der Waals surface area contributed by atoms with Crippen LogP contribution >= 0.6 is 0 Å². The van der Waals surface area contributed by atoms with Crippen LogP contribution in [-0.2, 0) is 4.74 Å². The molecule has 1 aromatic rings. The van der Waals surface area contributed by atoms with Gasteiger partial charge in [0.05, 0.1) is 23.6 Å². The SMILES string of the molecule is CCC1OCCC1CNC(=O)Nc1cncc(C(=O)O)c1. The number of hydrogen-bond acceptors (Lipinski definition) is 4. The number of carbonyl (C=O) groups is 2. The van der Waals surface area contributed by atoms with Crippen molar-refractivity contribution in [3.05, 3.63) is 24.0 Å². The molecule has 2 unspecified atom stereocenters. The average Bonchev–Trinajstić information content (AvgIpc) is 2.93. The average molecular weight is 293 g/mol. The molecule has 0 aromatic carbocycles. The molecule has 7 heteroatoms. The molecule has 0 radical (unpaired) electrons. The molecule has 1 aromatic heterocycles. The van der Waals surface area contributed by atoms with Gasteiger partial charge in [-0.3, -0.25) is 4.98 Å². The molecule has 7 nitrogen and oxygen atoms in total. The Morgan fingerprint density at radius 3 is 3.00 bits per heavy atom. The highest BCUT2D eigenvalue weighted by atomic mass is 16.5. The van der Waals surface area contributed by atoms with Crippen molar-refractivity contribution in [2.24, 2.45) is 5.92 Å². The van der Waals surface area contributed by atoms with E-state index in [1.807, 2.05) is 0 Å². The fourth-order valence-electron chi connectivity index (χ4n) is 2.40. The predicted molar refractivity (Wildman–Crippen MR) is 76.4 cm³/mol. The molecular weight excluding hydrogens is 274 g/mol. The van der Waals surface area contributed by atoms with Crippen LogP contribution in [0.25, 0.3) is 0 Å². The number of urea groups is 1. The summed E-state index contributed by atoms with van der Waals surface area (Å²) in [5.41, 5.74) is 0.380. The lowest BCUT2D eigenvalue weighted by molar-refractivity contribution is 0.0696. The number of aromatic carboxylic acids is 1. The van der Waals surface area contributed by atoms with Gasteiger partial charge in [-0.1, -0.05) is 6.92 Å². The van der Waals surface area contributed by atoms with Crippen molar-refractivity contribution in [3.63, 3.8) is 0 Å². The fraction of sp³-hybridized carbons (Fsp3) is 0.500. The molecule has 0 spiro atoms. The molecular formula is C14H19N3O4. The number of amides is 2. The molecule has 21 heavy (non-hydrogen) atoms. The standard InChI is InChI=1S/C14H19N3O4/c1-2-12-9(3-4-21-12)7-16-14(20)17-11-5-10(13(18)19)6-15-8-11/h5-6,8-9,12H,2-4,7H2,1H3,(H,18,19)(H2,16,17,20). The fourth-order valence-corrected chi connectivity index (χ4v) is 2.40. The Hall–Kier alpha value is -2.15. The molecule has 1 aliphatic rings. The zero-order valence-electron chi connectivity index (χ0n) is 11.8. The van der Waals surface area contributed by atoms with E-state index in [1.165, 1.54) is 18.5 Å². The van der Waals surface area contributed by atoms with Crippen LogP contribution in [0.2, 0.25) is 0 Å². The van der Waals surface area contributed by atoms with E-state index in [1.54, 1.807) is 0 Å². The Labute approximate surface area is 122 Å². The molecule has 3 N–H and O–H groups in total. The molecule has 0 aliphatic carbocycles. The highest BCUT2D eigenvalue weighted by Crippen LogP contribution is 2.22. The Balaban J connectivity index is 1.84. The van der Waals surface area contributed by atoms with Gasteiger partial charge in [0.15, 0.2) is 0 Å². The molecule has 0 bridgehead atoms. The van der Waals surface area contributed by atoms with E-state index in [2.05, 4.69) is 22.5 Å². The summed E-state index contributed by atoms with van der Waals surface area (Å²) in [6.07, 6.45) is 4.70. The Bertz CT molecular complexity index is 521. The summed E-state index contributed by atoms with van der Waals surface area (Å²) in [4.78, 5) is 26.4. The van der Waals surface area contributed by atoms with Crippen molar-refractivity contribution < 1.29 is 19.4 Å². The number of pyridine rings is 1. The first kappa shape index (κ1) is 15.2. The van der Waals surface area contributed by atoms with Crippen LogP contribution in [-0.4, -0.2) is 41.3 Å². The molecule has 0 saturated carbocycles. The smallest absolute Gasteiger partial charge is 0.337 e. The van der Waals surface area contributed by atoms with Gasteiger partial charge in [0.25, 0.3) is 0 Å². The quantitative estimate of drug-likeness (QED) is 0.767. The number of rotatable bonds is 5. The maximum Gasteiger partial charge on any atom is 0.337 e. The Morgan fingerprint density at radius 1 is 1.48 bits per heavy atom. The highest BCUT2D eigenvalue weighted by molar-refractivity contribution is 5.92. The van der Waals surface area contributed by atoms with Gasteiger partial charge >= 0.3 is 12.0 Å². The summed E-state index contributed by atoms with van der Waals surface area (Å²) in [5.74, 6) is -0.760. The molecule has 1 saturated heterocycles. The highest BCUT2D eigenvalue weighted by Gasteiger charge is 2.26. The van der Waals surface area contributed by atoms with Gasteiger partial charge in [-0.15, -0.1) is 0 Å². The first-order valence-electron chi connectivity index (χ1n) is 6.95. The number of aromatic nitrogens is 1. The third kappa shape index (κ3) is 4.16. The van der Waals surface area contributed by atoms with E-state index in [9.17, 15) is 9.59 Å². The molecule has 2 atom stereocenters. The van der Waals surface area contributed by atoms with E-state index in [4.69, 9.17) is 9.84 Å². The van der Waals surface area contributed by atoms with Crippen molar-refractivity contribution in [1.82, 2.24) is 10.3 Å². The summed E-state index contributed by atoms with van der Waals surface area (Å²) in [5, 5.41) is 14.2. The van der Waals surface area contributed by atoms with Crippen LogP contribution in [0, 0.1) is 5.92 Å². The van der Waals surface area contributed by atoms with Crippen molar-refractivity contribution in [2.45, 2.75) is 25.9 Å². The van der Waals surface area contributed by atoms with Crippen LogP contribution < -0.4 is 10.6 Å². The number of carboxylic acid groups (broad SMARTS) is 1. The second-order valence-electron chi connectivity index (χ2n) is 4.97.